The molecule has 0 spiro atoms. The molecule has 216 valence electrons. The van der Waals surface area contributed by atoms with Crippen molar-refractivity contribution in [3.63, 3.8) is 0 Å². The smallest absolute Gasteiger partial charge is 0.0880 e. The summed E-state index contributed by atoms with van der Waals surface area (Å²) in [6, 6.07) is 0.0896. The topological polar surface area (TPSA) is 78.5 Å². The van der Waals surface area contributed by atoms with Crippen LogP contribution in [0, 0.1) is 52.3 Å². The second-order valence-electron chi connectivity index (χ2n) is 15.4. The number of aliphatic hydroxyl groups excluding tert-OH is 1. The van der Waals surface area contributed by atoms with Gasteiger partial charge in [0.2, 0.25) is 0 Å². The minimum Gasteiger partial charge on any atom is -0.393 e. The van der Waals surface area contributed by atoms with Crippen LogP contribution in [-0.4, -0.2) is 41.0 Å². The highest BCUT2D eigenvalue weighted by Crippen LogP contribution is 2.69. The van der Waals surface area contributed by atoms with Gasteiger partial charge < -0.3 is 21.3 Å². The number of hydrogen-bond acceptors (Lipinski definition) is 4. The van der Waals surface area contributed by atoms with E-state index >= 15 is 0 Å². The Kier molecular flexibility index (Phi) is 9.47. The Morgan fingerprint density at radius 2 is 1.68 bits per heavy atom. The van der Waals surface area contributed by atoms with E-state index in [4.69, 9.17) is 5.73 Å². The number of hydrogen-bond donors (Lipinski definition) is 4. The lowest BCUT2D eigenvalue weighted by Gasteiger charge is -2.66. The summed E-state index contributed by atoms with van der Waals surface area (Å²) < 4.78 is 0. The molecule has 4 saturated carbocycles. The SMILES string of the molecule is CC(C)CCC[C@@H](C)[C@H]1CCC2C3CC(NCCCC(C)CN)[C@@]4(O)C[C@@H](O)CC[C@]4(C)C3CC[C@@]21C. The molecule has 0 bridgehead atoms. The van der Waals surface area contributed by atoms with Gasteiger partial charge in [0.1, 0.15) is 0 Å². The van der Waals surface area contributed by atoms with Crippen molar-refractivity contribution in [2.75, 3.05) is 13.1 Å². The number of nitrogens with one attached hydrogen (secondary N) is 1. The highest BCUT2D eigenvalue weighted by atomic mass is 16.3. The molecule has 0 aromatic rings. The van der Waals surface area contributed by atoms with Crippen LogP contribution in [0.4, 0.5) is 0 Å². The Labute approximate surface area is 229 Å². The van der Waals surface area contributed by atoms with E-state index in [1.165, 1.54) is 44.9 Å². The summed E-state index contributed by atoms with van der Waals surface area (Å²) in [5.74, 6) is 5.13. The van der Waals surface area contributed by atoms with E-state index < -0.39 is 5.60 Å². The Balaban J connectivity index is 1.52. The molecule has 4 fully saturated rings. The predicted molar refractivity (Wildman–Crippen MR) is 155 cm³/mol. The van der Waals surface area contributed by atoms with E-state index in [1.54, 1.807) is 0 Å². The van der Waals surface area contributed by atoms with Crippen LogP contribution in [0.2, 0.25) is 0 Å². The summed E-state index contributed by atoms with van der Waals surface area (Å²) in [6.45, 7) is 16.3. The normalized spacial score (nSPS) is 45.2. The third-order valence-electron chi connectivity index (χ3n) is 12.7. The lowest BCUT2D eigenvalue weighted by Crippen LogP contribution is -2.71. The highest BCUT2D eigenvalue weighted by molar-refractivity contribution is 5.18. The largest absolute Gasteiger partial charge is 0.393 e. The molecule has 0 heterocycles. The van der Waals surface area contributed by atoms with Crippen molar-refractivity contribution in [2.24, 2.45) is 58.0 Å². The molecule has 4 nitrogen and oxygen atoms in total. The fourth-order valence-electron chi connectivity index (χ4n) is 10.4. The molecule has 4 rings (SSSR count). The van der Waals surface area contributed by atoms with Gasteiger partial charge in [0.05, 0.1) is 11.7 Å². The maximum absolute atomic E-state index is 12.4. The van der Waals surface area contributed by atoms with Crippen molar-refractivity contribution in [3.05, 3.63) is 0 Å². The van der Waals surface area contributed by atoms with Crippen LogP contribution >= 0.6 is 0 Å². The number of aliphatic hydroxyl groups is 2. The van der Waals surface area contributed by atoms with Gasteiger partial charge >= 0.3 is 0 Å². The summed E-state index contributed by atoms with van der Waals surface area (Å²) in [6.07, 6.45) is 14.8. The van der Waals surface area contributed by atoms with Crippen LogP contribution < -0.4 is 11.1 Å². The van der Waals surface area contributed by atoms with E-state index in [0.29, 0.717) is 29.6 Å². The molecular formula is C33H62N2O2. The quantitative estimate of drug-likeness (QED) is 0.235. The standard InChI is InChI=1S/C33H62N2O2/c1-22(2)9-7-11-24(4)27-12-13-28-26-19-30(35-18-8-10-23(3)21-34)33(37)20-25(36)14-17-32(33,6)29(26)15-16-31(27,28)5/h22-30,35-37H,7-21,34H2,1-6H3/t23?,24-,25+,26?,27-,28?,29?,30?,31-,32-,33+/m1/s1. The van der Waals surface area contributed by atoms with Gasteiger partial charge in [0.15, 0.2) is 0 Å². The van der Waals surface area contributed by atoms with E-state index in [-0.39, 0.29) is 17.6 Å². The van der Waals surface area contributed by atoms with Crippen molar-refractivity contribution in [1.82, 2.24) is 5.32 Å². The molecule has 4 aliphatic carbocycles. The molecule has 0 radical (unpaired) electrons. The Morgan fingerprint density at radius 1 is 0.919 bits per heavy atom. The van der Waals surface area contributed by atoms with Gasteiger partial charge in [-0.3, -0.25) is 0 Å². The Bertz CT molecular complexity index is 744. The number of rotatable bonds is 11. The van der Waals surface area contributed by atoms with Gasteiger partial charge in [-0.2, -0.15) is 0 Å². The lowest BCUT2D eigenvalue weighted by atomic mass is 9.42. The van der Waals surface area contributed by atoms with E-state index in [9.17, 15) is 10.2 Å². The van der Waals surface area contributed by atoms with E-state index in [0.717, 1.165) is 68.9 Å². The Morgan fingerprint density at radius 3 is 2.38 bits per heavy atom. The van der Waals surface area contributed by atoms with Gasteiger partial charge in [-0.15, -0.1) is 0 Å². The monoisotopic (exact) mass is 518 g/mol. The van der Waals surface area contributed by atoms with Crippen molar-refractivity contribution < 1.29 is 10.2 Å². The zero-order valence-electron chi connectivity index (χ0n) is 25.3. The third-order valence-corrected chi connectivity index (χ3v) is 12.7. The van der Waals surface area contributed by atoms with Crippen LogP contribution in [0.15, 0.2) is 0 Å². The number of fused-ring (bicyclic) bond motifs is 5. The average Bonchev–Trinajstić information content (AvgIpc) is 3.20. The van der Waals surface area contributed by atoms with Crippen LogP contribution in [0.5, 0.6) is 0 Å². The van der Waals surface area contributed by atoms with Gasteiger partial charge in [0, 0.05) is 17.9 Å². The molecule has 0 aromatic carbocycles. The highest BCUT2D eigenvalue weighted by Gasteiger charge is 2.67. The molecule has 4 aliphatic rings. The summed E-state index contributed by atoms with van der Waals surface area (Å²) in [5.41, 5.74) is 5.41. The Hall–Kier alpha value is -0.160. The van der Waals surface area contributed by atoms with Crippen molar-refractivity contribution in [1.29, 1.82) is 0 Å². The lowest BCUT2D eigenvalue weighted by molar-refractivity contribution is -0.234. The summed E-state index contributed by atoms with van der Waals surface area (Å²) in [4.78, 5) is 0. The summed E-state index contributed by atoms with van der Waals surface area (Å²) >= 11 is 0. The molecular weight excluding hydrogens is 456 g/mol. The van der Waals surface area contributed by atoms with Gasteiger partial charge in [-0.25, -0.2) is 0 Å². The first-order chi connectivity index (χ1) is 17.5. The van der Waals surface area contributed by atoms with Crippen molar-refractivity contribution in [3.8, 4) is 0 Å². The van der Waals surface area contributed by atoms with Gasteiger partial charge in [0.25, 0.3) is 0 Å². The molecule has 0 saturated heterocycles. The van der Waals surface area contributed by atoms with Crippen LogP contribution in [0.25, 0.3) is 0 Å². The number of nitrogens with two attached hydrogens (primary N) is 1. The second-order valence-corrected chi connectivity index (χ2v) is 15.4. The molecule has 5 unspecified atom stereocenters. The first-order valence-electron chi connectivity index (χ1n) is 16.3. The van der Waals surface area contributed by atoms with Crippen LogP contribution in [-0.2, 0) is 0 Å². The van der Waals surface area contributed by atoms with E-state index in [1.807, 2.05) is 0 Å². The zero-order chi connectivity index (χ0) is 27.0. The molecule has 4 heteroatoms. The molecule has 0 aliphatic heterocycles. The van der Waals surface area contributed by atoms with Crippen molar-refractivity contribution in [2.45, 2.75) is 143 Å². The molecule has 0 aromatic heterocycles. The average molecular weight is 519 g/mol. The van der Waals surface area contributed by atoms with Crippen LogP contribution in [0.3, 0.4) is 0 Å². The van der Waals surface area contributed by atoms with Gasteiger partial charge in [-0.05, 0) is 118 Å². The zero-order valence-corrected chi connectivity index (χ0v) is 25.3. The second kappa shape index (κ2) is 11.8. The summed E-state index contributed by atoms with van der Waals surface area (Å²) in [7, 11) is 0. The maximum Gasteiger partial charge on any atom is 0.0880 e. The molecule has 5 N–H and O–H groups in total. The van der Waals surface area contributed by atoms with Gasteiger partial charge in [-0.1, -0.05) is 60.8 Å². The third kappa shape index (κ3) is 5.57. The molecule has 37 heavy (non-hydrogen) atoms. The predicted octanol–water partition coefficient (Wildman–Crippen LogP) is 6.53. The van der Waals surface area contributed by atoms with E-state index in [2.05, 4.69) is 46.9 Å². The van der Waals surface area contributed by atoms with Crippen LogP contribution in [0.1, 0.15) is 125 Å². The first kappa shape index (κ1) is 29.8. The summed E-state index contributed by atoms with van der Waals surface area (Å²) in [5, 5.41) is 27.0. The fourth-order valence-corrected chi connectivity index (χ4v) is 10.4. The first-order valence-corrected chi connectivity index (χ1v) is 16.3. The maximum atomic E-state index is 12.4. The fraction of sp³-hybridized carbons (Fsp3) is 1.00. The minimum absolute atomic E-state index is 0.0896. The minimum atomic E-state index is -0.804. The molecule has 11 atom stereocenters. The van der Waals surface area contributed by atoms with Crippen molar-refractivity contribution >= 4 is 0 Å². The molecule has 0 amide bonds.